The molecule has 0 fully saturated rings. The van der Waals surface area contributed by atoms with Gasteiger partial charge >= 0.3 is 0 Å². The lowest BCUT2D eigenvalue weighted by molar-refractivity contribution is -0.112. The van der Waals surface area contributed by atoms with E-state index in [0.717, 1.165) is 0 Å². The van der Waals surface area contributed by atoms with Crippen molar-refractivity contribution in [2.24, 2.45) is 0 Å². The highest BCUT2D eigenvalue weighted by molar-refractivity contribution is 6.42. The molecule has 0 saturated carbocycles. The zero-order chi connectivity index (χ0) is 20.3. The third kappa shape index (κ3) is 4.52. The first kappa shape index (κ1) is 20.3. The third-order valence-corrected chi connectivity index (χ3v) is 5.05. The van der Waals surface area contributed by atoms with Crippen molar-refractivity contribution < 1.29 is 9.21 Å². The van der Waals surface area contributed by atoms with E-state index in [1.165, 1.54) is 6.08 Å². The van der Waals surface area contributed by atoms with Crippen molar-refractivity contribution in [1.29, 1.82) is 5.26 Å². The Morgan fingerprint density at radius 2 is 1.68 bits per heavy atom. The van der Waals surface area contributed by atoms with Gasteiger partial charge in [-0.15, -0.1) is 0 Å². The second-order valence-electron chi connectivity index (χ2n) is 5.55. The Kier molecular flexibility index (Phi) is 6.33. The van der Waals surface area contributed by atoms with Crippen molar-refractivity contribution in [2.45, 2.75) is 0 Å². The monoisotopic (exact) mass is 450 g/mol. The lowest BCUT2D eigenvalue weighted by Crippen LogP contribution is -2.14. The second-order valence-corrected chi connectivity index (χ2v) is 7.18. The van der Waals surface area contributed by atoms with E-state index in [0.29, 0.717) is 27.1 Å². The number of hydrogen-bond acceptors (Lipinski definition) is 3. The summed E-state index contributed by atoms with van der Waals surface area (Å²) < 4.78 is 5.68. The van der Waals surface area contributed by atoms with Crippen molar-refractivity contribution >= 4 is 64.1 Å². The number of carbonyl (C=O) groups is 1. The number of nitrogens with one attached hydrogen (secondary N) is 1. The number of halogens is 4. The minimum absolute atomic E-state index is 0.175. The molecular weight excluding hydrogens is 442 g/mol. The van der Waals surface area contributed by atoms with Gasteiger partial charge in [-0.2, -0.15) is 5.26 Å². The number of nitriles is 1. The molecule has 0 aliphatic rings. The number of carbonyl (C=O) groups excluding carboxylic acids is 1. The number of nitrogens with zero attached hydrogens (tertiary/aromatic N) is 1. The molecule has 1 N–H and O–H groups in total. The summed E-state index contributed by atoms with van der Waals surface area (Å²) in [6.45, 7) is 0. The van der Waals surface area contributed by atoms with Crippen molar-refractivity contribution in [3.63, 3.8) is 0 Å². The average molecular weight is 452 g/mol. The van der Waals surface area contributed by atoms with Crippen LogP contribution in [0.2, 0.25) is 20.1 Å². The average Bonchev–Trinajstić information content (AvgIpc) is 3.13. The summed E-state index contributed by atoms with van der Waals surface area (Å²) in [6, 6.07) is 15.0. The number of benzene rings is 2. The van der Waals surface area contributed by atoms with E-state index < -0.39 is 5.91 Å². The first-order valence-corrected chi connectivity index (χ1v) is 9.32. The van der Waals surface area contributed by atoms with Crippen molar-refractivity contribution in [2.75, 3.05) is 5.32 Å². The molecule has 8 heteroatoms. The van der Waals surface area contributed by atoms with E-state index >= 15 is 0 Å². The Hall–Kier alpha value is -2.42. The van der Waals surface area contributed by atoms with E-state index in [1.54, 1.807) is 48.5 Å². The van der Waals surface area contributed by atoms with Gasteiger partial charge in [-0.25, -0.2) is 0 Å². The van der Waals surface area contributed by atoms with Crippen LogP contribution in [-0.2, 0) is 4.79 Å². The van der Waals surface area contributed by atoms with Crippen LogP contribution in [0, 0.1) is 11.3 Å². The number of hydrogen-bond donors (Lipinski definition) is 1. The summed E-state index contributed by atoms with van der Waals surface area (Å²) in [5, 5.41) is 13.2. The van der Waals surface area contributed by atoms with Crippen LogP contribution in [0.15, 0.2) is 58.5 Å². The Labute approximate surface area is 180 Å². The molecule has 0 aliphatic heterocycles. The third-order valence-electron chi connectivity index (χ3n) is 3.68. The topological polar surface area (TPSA) is 66.0 Å². The van der Waals surface area contributed by atoms with Crippen LogP contribution in [0.25, 0.3) is 17.4 Å². The molecular formula is C20H10Cl4N2O2. The first-order chi connectivity index (χ1) is 13.4. The van der Waals surface area contributed by atoms with Gasteiger partial charge in [0, 0.05) is 11.6 Å². The van der Waals surface area contributed by atoms with Crippen LogP contribution in [0.5, 0.6) is 0 Å². The minimum Gasteiger partial charge on any atom is -0.457 e. The predicted molar refractivity (Wildman–Crippen MR) is 113 cm³/mol. The maximum Gasteiger partial charge on any atom is 0.266 e. The largest absolute Gasteiger partial charge is 0.457 e. The highest BCUT2D eigenvalue weighted by atomic mass is 35.5. The highest BCUT2D eigenvalue weighted by Crippen LogP contribution is 2.31. The van der Waals surface area contributed by atoms with Crippen molar-refractivity contribution in [1.82, 2.24) is 0 Å². The second kappa shape index (κ2) is 8.72. The summed E-state index contributed by atoms with van der Waals surface area (Å²) in [4.78, 5) is 12.4. The minimum atomic E-state index is -0.662. The Morgan fingerprint density at radius 3 is 2.32 bits per heavy atom. The Morgan fingerprint density at radius 1 is 0.964 bits per heavy atom. The number of anilines is 1. The van der Waals surface area contributed by atoms with Gasteiger partial charge in [0.15, 0.2) is 0 Å². The van der Waals surface area contributed by atoms with Crippen LogP contribution in [-0.4, -0.2) is 5.91 Å². The van der Waals surface area contributed by atoms with E-state index in [-0.39, 0.29) is 21.3 Å². The molecule has 1 aromatic heterocycles. The normalized spacial score (nSPS) is 11.2. The van der Waals surface area contributed by atoms with Crippen LogP contribution in [0.1, 0.15) is 5.76 Å². The van der Waals surface area contributed by atoms with Crippen molar-refractivity contribution in [3.8, 4) is 17.4 Å². The summed E-state index contributed by atoms with van der Waals surface area (Å²) in [6.07, 6.45) is 1.32. The molecule has 3 aromatic rings. The standard InChI is InChI=1S/C20H10Cl4N2O2/c21-14-6-4-11(9-17(14)24)18-7-5-13(28-18)8-12(10-25)20(27)26-19-15(22)2-1-3-16(19)23/h1-9H,(H,26,27)/b12-8+. The van der Waals surface area contributed by atoms with Gasteiger partial charge in [-0.05, 0) is 42.5 Å². The summed E-state index contributed by atoms with van der Waals surface area (Å²) >= 11 is 24.0. The molecule has 4 nitrogen and oxygen atoms in total. The molecule has 140 valence electrons. The molecule has 0 spiro atoms. The van der Waals surface area contributed by atoms with E-state index in [2.05, 4.69) is 5.32 Å². The molecule has 0 unspecified atom stereocenters. The van der Waals surface area contributed by atoms with Gasteiger partial charge in [-0.3, -0.25) is 4.79 Å². The number of amides is 1. The molecule has 2 aromatic carbocycles. The van der Waals surface area contributed by atoms with Gasteiger partial charge < -0.3 is 9.73 Å². The molecule has 3 rings (SSSR count). The molecule has 0 aliphatic carbocycles. The highest BCUT2D eigenvalue weighted by Gasteiger charge is 2.15. The molecule has 0 saturated heterocycles. The van der Waals surface area contributed by atoms with Gasteiger partial charge in [0.1, 0.15) is 23.2 Å². The lowest BCUT2D eigenvalue weighted by Gasteiger charge is -2.08. The first-order valence-electron chi connectivity index (χ1n) is 7.81. The Bertz CT molecular complexity index is 1110. The maximum absolute atomic E-state index is 12.4. The fourth-order valence-corrected chi connectivity index (χ4v) is 3.11. The van der Waals surface area contributed by atoms with Crippen LogP contribution in [0.4, 0.5) is 5.69 Å². The summed E-state index contributed by atoms with van der Waals surface area (Å²) in [5.41, 5.74) is 0.763. The quantitative estimate of drug-likeness (QED) is 0.339. The zero-order valence-electron chi connectivity index (χ0n) is 14.0. The molecule has 1 heterocycles. The van der Waals surface area contributed by atoms with Gasteiger partial charge in [0.05, 0.1) is 25.8 Å². The molecule has 0 atom stereocenters. The SMILES string of the molecule is N#C/C(=C\c1ccc(-c2ccc(Cl)c(Cl)c2)o1)C(=O)Nc1c(Cl)cccc1Cl. The smallest absolute Gasteiger partial charge is 0.266 e. The van der Waals surface area contributed by atoms with E-state index in [1.807, 2.05) is 6.07 Å². The number of rotatable bonds is 4. The maximum atomic E-state index is 12.4. The zero-order valence-corrected chi connectivity index (χ0v) is 17.0. The van der Waals surface area contributed by atoms with Gasteiger partial charge in [0.2, 0.25) is 0 Å². The van der Waals surface area contributed by atoms with Crippen LogP contribution in [0.3, 0.4) is 0 Å². The molecule has 1 amide bonds. The molecule has 0 radical (unpaired) electrons. The molecule has 0 bridgehead atoms. The van der Waals surface area contributed by atoms with E-state index in [9.17, 15) is 10.1 Å². The molecule has 28 heavy (non-hydrogen) atoms. The fourth-order valence-electron chi connectivity index (χ4n) is 2.32. The van der Waals surface area contributed by atoms with Crippen LogP contribution >= 0.6 is 46.4 Å². The number of para-hydroxylation sites is 1. The van der Waals surface area contributed by atoms with E-state index in [4.69, 9.17) is 50.8 Å². The van der Waals surface area contributed by atoms with Gasteiger partial charge in [-0.1, -0.05) is 52.5 Å². The Balaban J connectivity index is 1.85. The fraction of sp³-hybridized carbons (Fsp3) is 0. The lowest BCUT2D eigenvalue weighted by atomic mass is 10.2. The summed E-state index contributed by atoms with van der Waals surface area (Å²) in [5.74, 6) is 0.166. The predicted octanol–water partition coefficient (Wildman–Crippen LogP) is 7.11. The summed E-state index contributed by atoms with van der Waals surface area (Å²) in [7, 11) is 0. The van der Waals surface area contributed by atoms with Gasteiger partial charge in [0.25, 0.3) is 5.91 Å². The van der Waals surface area contributed by atoms with Crippen molar-refractivity contribution in [3.05, 3.63) is 80.0 Å². The number of furan rings is 1. The van der Waals surface area contributed by atoms with Crippen LogP contribution < -0.4 is 5.32 Å².